The van der Waals surface area contributed by atoms with E-state index < -0.39 is 7.82 Å². The monoisotopic (exact) mass is 395 g/mol. The Kier molecular flexibility index (Phi) is 4.97. The summed E-state index contributed by atoms with van der Waals surface area (Å²) in [6.45, 7) is 1.60. The van der Waals surface area contributed by atoms with E-state index in [1.165, 1.54) is 5.56 Å². The first-order chi connectivity index (χ1) is 13.0. The third-order valence-corrected chi connectivity index (χ3v) is 7.34. The second kappa shape index (κ2) is 7.13. The molecule has 1 aromatic carbocycles. The zero-order chi connectivity index (χ0) is 19.1. The molecule has 0 radical (unpaired) electrons. The maximum absolute atomic E-state index is 12.4. The summed E-state index contributed by atoms with van der Waals surface area (Å²) in [6, 6.07) is 6.31. The van der Waals surface area contributed by atoms with Crippen LogP contribution in [0.2, 0.25) is 0 Å². The molecule has 0 bridgehead atoms. The highest BCUT2D eigenvalue weighted by Gasteiger charge is 2.49. The maximum Gasteiger partial charge on any atom is 0.529 e. The number of methoxy groups -OCH3 is 2. The average molecular weight is 395 g/mol. The zero-order valence-corrected chi connectivity index (χ0v) is 16.9. The Morgan fingerprint density at radius 1 is 1.15 bits per heavy atom. The molecule has 2 aliphatic heterocycles. The SMILES string of the molecule is COc1ccc([C@@]23CCC(OP4(=O)OCCO4)=C[C@@H]2N(C)CC3)cc1OC. The van der Waals surface area contributed by atoms with Gasteiger partial charge in [0.2, 0.25) is 0 Å². The normalized spacial score (nSPS) is 29.9. The van der Waals surface area contributed by atoms with Gasteiger partial charge in [0, 0.05) is 17.9 Å². The quantitative estimate of drug-likeness (QED) is 0.707. The Morgan fingerprint density at radius 2 is 1.89 bits per heavy atom. The van der Waals surface area contributed by atoms with Gasteiger partial charge >= 0.3 is 7.82 Å². The first-order valence-electron chi connectivity index (χ1n) is 9.22. The molecule has 0 saturated carbocycles. The molecular formula is C19H26NO6P. The predicted molar refractivity (Wildman–Crippen MR) is 100 cm³/mol. The van der Waals surface area contributed by atoms with Crippen molar-refractivity contribution in [2.75, 3.05) is 41.0 Å². The molecule has 7 nitrogen and oxygen atoms in total. The van der Waals surface area contributed by atoms with Gasteiger partial charge in [0.15, 0.2) is 11.5 Å². The number of ether oxygens (including phenoxy) is 2. The number of nitrogens with zero attached hydrogens (tertiary/aromatic N) is 1. The highest BCUT2D eigenvalue weighted by atomic mass is 31.2. The lowest BCUT2D eigenvalue weighted by Crippen LogP contribution is -2.42. The number of fused-ring (bicyclic) bond motifs is 1. The van der Waals surface area contributed by atoms with Gasteiger partial charge in [0.05, 0.1) is 27.4 Å². The van der Waals surface area contributed by atoms with Gasteiger partial charge in [-0.15, -0.1) is 0 Å². The molecule has 4 rings (SSSR count). The number of hydrogen-bond donors (Lipinski definition) is 0. The molecule has 2 atom stereocenters. The van der Waals surface area contributed by atoms with Crippen LogP contribution >= 0.6 is 7.82 Å². The fourth-order valence-electron chi connectivity index (χ4n) is 4.46. The minimum atomic E-state index is -3.44. The minimum absolute atomic E-state index is 0.0347. The largest absolute Gasteiger partial charge is 0.529 e. The molecule has 0 spiro atoms. The number of allylic oxidation sites excluding steroid dienone is 1. The number of likely N-dealkylation sites (tertiary alicyclic amines) is 1. The van der Waals surface area contributed by atoms with E-state index in [-0.39, 0.29) is 11.5 Å². The van der Waals surface area contributed by atoms with Gasteiger partial charge in [-0.25, -0.2) is 4.57 Å². The Balaban J connectivity index is 1.66. The van der Waals surface area contributed by atoms with Crippen molar-refractivity contribution in [2.45, 2.75) is 30.7 Å². The van der Waals surface area contributed by atoms with Crippen LogP contribution in [0, 0.1) is 0 Å². The summed E-state index contributed by atoms with van der Waals surface area (Å²) in [7, 11) is 1.97. The molecule has 1 aliphatic carbocycles. The van der Waals surface area contributed by atoms with Gasteiger partial charge in [-0.1, -0.05) is 6.07 Å². The van der Waals surface area contributed by atoms with Crippen LogP contribution < -0.4 is 9.47 Å². The molecule has 2 heterocycles. The standard InChI is InChI=1S/C19H26NO6P/c1-20-9-8-19(14-4-5-16(22-2)17(12-14)23-3)7-6-15(13-18(19)20)26-27(21)24-10-11-25-27/h4-5,12-13,18H,6-11H2,1-3H3/t18-,19-/m0/s1. The molecule has 1 aromatic rings. The maximum atomic E-state index is 12.4. The third kappa shape index (κ3) is 3.27. The molecule has 27 heavy (non-hydrogen) atoms. The number of benzene rings is 1. The molecule has 2 saturated heterocycles. The first-order valence-corrected chi connectivity index (χ1v) is 10.7. The van der Waals surface area contributed by atoms with Crippen molar-refractivity contribution in [3.8, 4) is 11.5 Å². The van der Waals surface area contributed by atoms with Crippen LogP contribution in [0.4, 0.5) is 0 Å². The third-order valence-electron chi connectivity index (χ3n) is 5.88. The average Bonchev–Trinajstić information content (AvgIpc) is 3.26. The van der Waals surface area contributed by atoms with Crippen LogP contribution in [0.3, 0.4) is 0 Å². The lowest BCUT2D eigenvalue weighted by atomic mass is 9.68. The second-order valence-electron chi connectivity index (χ2n) is 7.24. The minimum Gasteiger partial charge on any atom is -0.493 e. The van der Waals surface area contributed by atoms with Crippen LogP contribution in [0.15, 0.2) is 30.0 Å². The summed E-state index contributed by atoms with van der Waals surface area (Å²) in [6.07, 6.45) is 4.70. The van der Waals surface area contributed by atoms with Crippen LogP contribution in [0.25, 0.3) is 0 Å². The fraction of sp³-hybridized carbons (Fsp3) is 0.579. The highest BCUT2D eigenvalue weighted by Crippen LogP contribution is 2.57. The van der Waals surface area contributed by atoms with Crippen molar-refractivity contribution in [1.82, 2.24) is 4.90 Å². The highest BCUT2D eigenvalue weighted by molar-refractivity contribution is 7.48. The Labute approximate surface area is 159 Å². The second-order valence-corrected chi connectivity index (χ2v) is 8.83. The van der Waals surface area contributed by atoms with E-state index in [9.17, 15) is 4.57 Å². The topological polar surface area (TPSA) is 66.5 Å². The van der Waals surface area contributed by atoms with Crippen LogP contribution in [0.5, 0.6) is 11.5 Å². The molecule has 2 fully saturated rings. The lowest BCUT2D eigenvalue weighted by molar-refractivity contribution is 0.199. The molecule has 0 amide bonds. The first kappa shape index (κ1) is 18.8. The Morgan fingerprint density at radius 3 is 2.59 bits per heavy atom. The number of phosphoric acid groups is 1. The van der Waals surface area contributed by atoms with E-state index in [1.807, 2.05) is 6.07 Å². The molecule has 8 heteroatoms. The van der Waals surface area contributed by atoms with Crippen LogP contribution in [-0.4, -0.2) is 52.0 Å². The smallest absolute Gasteiger partial charge is 0.493 e. The Hall–Kier alpha value is -1.53. The van der Waals surface area contributed by atoms with Gasteiger partial charge in [0.25, 0.3) is 0 Å². The van der Waals surface area contributed by atoms with Gasteiger partial charge < -0.3 is 14.0 Å². The Bertz CT molecular complexity index is 786. The molecule has 148 valence electrons. The predicted octanol–water partition coefficient (Wildman–Crippen LogP) is 3.49. The lowest BCUT2D eigenvalue weighted by Gasteiger charge is -2.40. The van der Waals surface area contributed by atoms with Gasteiger partial charge in [-0.05, 0) is 50.2 Å². The fourth-order valence-corrected chi connectivity index (χ4v) is 5.68. The van der Waals surface area contributed by atoms with Crippen LogP contribution in [-0.2, 0) is 23.6 Å². The van der Waals surface area contributed by atoms with Crippen molar-refractivity contribution in [3.63, 3.8) is 0 Å². The molecule has 0 aromatic heterocycles. The summed E-state index contributed by atoms with van der Waals surface area (Å²) in [4.78, 5) is 2.31. The summed E-state index contributed by atoms with van der Waals surface area (Å²) in [5.41, 5.74) is 1.19. The molecule has 0 unspecified atom stereocenters. The number of hydrogen-bond acceptors (Lipinski definition) is 7. The van der Waals surface area contributed by atoms with Crippen LogP contribution in [0.1, 0.15) is 24.8 Å². The van der Waals surface area contributed by atoms with E-state index >= 15 is 0 Å². The van der Waals surface area contributed by atoms with Gasteiger partial charge in [-0.3, -0.25) is 13.9 Å². The van der Waals surface area contributed by atoms with Crippen molar-refractivity contribution < 1.29 is 27.6 Å². The number of phosphoric ester groups is 1. The van der Waals surface area contributed by atoms with E-state index in [0.29, 0.717) is 25.4 Å². The number of likely N-dealkylation sites (N-methyl/N-ethyl adjacent to an activating group) is 1. The van der Waals surface area contributed by atoms with E-state index in [0.717, 1.165) is 30.9 Å². The molecule has 3 aliphatic rings. The summed E-state index contributed by atoms with van der Waals surface area (Å²) < 4.78 is 39.3. The van der Waals surface area contributed by atoms with E-state index in [2.05, 4.69) is 30.2 Å². The van der Waals surface area contributed by atoms with Gasteiger partial charge in [-0.2, -0.15) is 0 Å². The number of rotatable bonds is 5. The van der Waals surface area contributed by atoms with Crippen molar-refractivity contribution >= 4 is 7.82 Å². The molecular weight excluding hydrogens is 369 g/mol. The van der Waals surface area contributed by atoms with E-state index in [4.69, 9.17) is 23.0 Å². The van der Waals surface area contributed by atoms with Crippen molar-refractivity contribution in [2.24, 2.45) is 0 Å². The summed E-state index contributed by atoms with van der Waals surface area (Å²) in [5.74, 6) is 2.15. The van der Waals surface area contributed by atoms with Gasteiger partial charge in [0.1, 0.15) is 5.76 Å². The summed E-state index contributed by atoms with van der Waals surface area (Å²) in [5, 5.41) is 0. The summed E-state index contributed by atoms with van der Waals surface area (Å²) >= 11 is 0. The zero-order valence-electron chi connectivity index (χ0n) is 16.0. The van der Waals surface area contributed by atoms with Crippen molar-refractivity contribution in [3.05, 3.63) is 35.6 Å². The van der Waals surface area contributed by atoms with Crippen molar-refractivity contribution in [1.29, 1.82) is 0 Å². The molecule has 0 N–H and O–H groups in total. The van der Waals surface area contributed by atoms with E-state index in [1.54, 1.807) is 14.2 Å².